The molecule has 0 aliphatic heterocycles. The van der Waals surface area contributed by atoms with Gasteiger partial charge in [-0.3, -0.25) is 4.79 Å². The number of carbonyl (C=O) groups excluding carboxylic acids is 1. The number of rotatable bonds is 1. The van der Waals surface area contributed by atoms with Gasteiger partial charge in [-0.15, -0.1) is 0 Å². The molecule has 3 atom stereocenters. The molecule has 80 valence electrons. The Hall–Kier alpha value is -1.04. The van der Waals surface area contributed by atoms with Crippen LogP contribution < -0.4 is 5.73 Å². The lowest BCUT2D eigenvalue weighted by atomic mass is 9.45. The molecular weight excluding hydrogens is 188 g/mol. The second-order valence-electron chi connectivity index (χ2n) is 5.73. The topological polar surface area (TPSA) is 66.9 Å². The summed E-state index contributed by atoms with van der Waals surface area (Å²) < 4.78 is 0. The predicted molar refractivity (Wildman–Crippen MR) is 54.3 cm³/mol. The number of primary amides is 1. The second kappa shape index (κ2) is 2.75. The van der Waals surface area contributed by atoms with E-state index in [1.54, 1.807) is 0 Å². The van der Waals surface area contributed by atoms with Crippen LogP contribution in [-0.4, -0.2) is 5.91 Å². The molecule has 4 aliphatic rings. The molecule has 4 saturated carbocycles. The third-order valence-corrected chi connectivity index (χ3v) is 4.94. The zero-order valence-electron chi connectivity index (χ0n) is 8.78. The van der Waals surface area contributed by atoms with Crippen LogP contribution in [0, 0.1) is 40.4 Å². The Balaban J connectivity index is 2.05. The average molecular weight is 204 g/mol. The molecule has 1 amide bonds. The Morgan fingerprint density at radius 1 is 1.27 bits per heavy atom. The Morgan fingerprint density at radius 3 is 2.33 bits per heavy atom. The summed E-state index contributed by atoms with van der Waals surface area (Å²) in [6.07, 6.45) is 5.35. The lowest BCUT2D eigenvalue weighted by molar-refractivity contribution is -0.150. The van der Waals surface area contributed by atoms with Crippen molar-refractivity contribution in [2.45, 2.75) is 32.1 Å². The molecular formula is C12H16N2O. The van der Waals surface area contributed by atoms with Crippen LogP contribution in [0.1, 0.15) is 32.1 Å². The number of nitrogens with zero attached hydrogens (tertiary/aromatic N) is 1. The first kappa shape index (κ1) is 9.21. The summed E-state index contributed by atoms with van der Waals surface area (Å²) in [6.45, 7) is 0. The van der Waals surface area contributed by atoms with Crippen LogP contribution in [0.2, 0.25) is 0 Å². The molecule has 0 aromatic carbocycles. The van der Waals surface area contributed by atoms with Gasteiger partial charge in [0.25, 0.3) is 0 Å². The molecule has 4 aliphatic carbocycles. The number of nitrogens with two attached hydrogens (primary N) is 1. The van der Waals surface area contributed by atoms with Crippen LogP contribution >= 0.6 is 0 Å². The van der Waals surface area contributed by atoms with Gasteiger partial charge in [0.2, 0.25) is 5.91 Å². The van der Waals surface area contributed by atoms with E-state index in [-0.39, 0.29) is 11.8 Å². The Labute approximate surface area is 89.6 Å². The van der Waals surface area contributed by atoms with Gasteiger partial charge in [-0.2, -0.15) is 5.26 Å². The van der Waals surface area contributed by atoms with Crippen LogP contribution in [0.3, 0.4) is 0 Å². The second-order valence-corrected chi connectivity index (χ2v) is 5.73. The van der Waals surface area contributed by atoms with Crippen LogP contribution in [0.5, 0.6) is 0 Å². The highest BCUT2D eigenvalue weighted by Gasteiger charge is 2.60. The van der Waals surface area contributed by atoms with E-state index < -0.39 is 5.41 Å². The highest BCUT2D eigenvalue weighted by molar-refractivity contribution is 5.82. The summed E-state index contributed by atoms with van der Waals surface area (Å²) in [5.74, 6) is 1.48. The Morgan fingerprint density at radius 2 is 1.87 bits per heavy atom. The molecule has 3 nitrogen and oxygen atoms in total. The third kappa shape index (κ3) is 1.03. The summed E-state index contributed by atoms with van der Waals surface area (Å²) in [4.78, 5) is 11.7. The van der Waals surface area contributed by atoms with Gasteiger partial charge in [0, 0.05) is 0 Å². The third-order valence-electron chi connectivity index (χ3n) is 4.94. The van der Waals surface area contributed by atoms with Crippen molar-refractivity contribution in [1.29, 1.82) is 5.26 Å². The SMILES string of the molecule is N#CC1C2CC3CC(C2)CC1(C(N)=O)C3. The summed E-state index contributed by atoms with van der Waals surface area (Å²) in [7, 11) is 0. The monoisotopic (exact) mass is 204 g/mol. The molecule has 3 heteroatoms. The Kier molecular flexibility index (Phi) is 1.69. The van der Waals surface area contributed by atoms with E-state index in [4.69, 9.17) is 5.73 Å². The summed E-state index contributed by atoms with van der Waals surface area (Å²) >= 11 is 0. The molecule has 4 bridgehead atoms. The molecule has 0 spiro atoms. The van der Waals surface area contributed by atoms with Crippen molar-refractivity contribution in [2.75, 3.05) is 0 Å². The summed E-state index contributed by atoms with van der Waals surface area (Å²) in [5, 5.41) is 9.25. The van der Waals surface area contributed by atoms with E-state index in [9.17, 15) is 10.1 Å². The molecule has 0 aromatic rings. The van der Waals surface area contributed by atoms with Gasteiger partial charge in [0.15, 0.2) is 0 Å². The van der Waals surface area contributed by atoms with Crippen LogP contribution in [0.25, 0.3) is 0 Å². The molecule has 4 fully saturated rings. The minimum Gasteiger partial charge on any atom is -0.369 e. The molecule has 15 heavy (non-hydrogen) atoms. The van der Waals surface area contributed by atoms with Gasteiger partial charge in [-0.25, -0.2) is 0 Å². The lowest BCUT2D eigenvalue weighted by Gasteiger charge is -2.57. The number of nitriles is 1. The standard InChI is InChI=1S/C12H16N2O/c13-6-10-9-2-7-1-8(3-9)5-12(10,4-7)11(14)15/h7-10H,1-5H2,(H2,14,15). The van der Waals surface area contributed by atoms with E-state index in [2.05, 4.69) is 6.07 Å². The Bertz CT molecular complexity index is 343. The number of carbonyl (C=O) groups is 1. The fourth-order valence-corrected chi connectivity index (χ4v) is 4.62. The molecule has 2 N–H and O–H groups in total. The zero-order valence-corrected chi connectivity index (χ0v) is 8.78. The minimum atomic E-state index is -0.455. The summed E-state index contributed by atoms with van der Waals surface area (Å²) in [5.41, 5.74) is 5.11. The first-order chi connectivity index (χ1) is 7.15. The van der Waals surface area contributed by atoms with Gasteiger partial charge >= 0.3 is 0 Å². The van der Waals surface area contributed by atoms with Crippen LogP contribution in [0.4, 0.5) is 0 Å². The normalized spacial score (nSPS) is 51.4. The van der Waals surface area contributed by atoms with Crippen molar-refractivity contribution < 1.29 is 4.79 Å². The predicted octanol–water partition coefficient (Wildman–Crippen LogP) is 1.44. The maximum atomic E-state index is 11.7. The molecule has 0 saturated heterocycles. The van der Waals surface area contributed by atoms with Crippen molar-refractivity contribution >= 4 is 5.91 Å². The number of hydrogen-bond acceptors (Lipinski definition) is 2. The fourth-order valence-electron chi connectivity index (χ4n) is 4.62. The van der Waals surface area contributed by atoms with E-state index in [0.717, 1.165) is 25.7 Å². The van der Waals surface area contributed by atoms with Crippen LogP contribution in [-0.2, 0) is 4.79 Å². The summed E-state index contributed by atoms with van der Waals surface area (Å²) in [6, 6.07) is 2.37. The van der Waals surface area contributed by atoms with E-state index in [0.29, 0.717) is 17.8 Å². The first-order valence-electron chi connectivity index (χ1n) is 5.85. The van der Waals surface area contributed by atoms with Gasteiger partial charge in [0.05, 0.1) is 17.4 Å². The van der Waals surface area contributed by atoms with Gasteiger partial charge < -0.3 is 5.73 Å². The van der Waals surface area contributed by atoms with Gasteiger partial charge in [-0.05, 0) is 49.9 Å². The number of amides is 1. The van der Waals surface area contributed by atoms with Gasteiger partial charge in [0.1, 0.15) is 0 Å². The average Bonchev–Trinajstić information content (AvgIpc) is 2.16. The van der Waals surface area contributed by atoms with Gasteiger partial charge in [-0.1, -0.05) is 0 Å². The van der Waals surface area contributed by atoms with Crippen LogP contribution in [0.15, 0.2) is 0 Å². The quantitative estimate of drug-likeness (QED) is 0.702. The molecule has 4 rings (SSSR count). The molecule has 3 unspecified atom stereocenters. The van der Waals surface area contributed by atoms with Crippen molar-refractivity contribution in [2.24, 2.45) is 34.8 Å². The molecule has 0 heterocycles. The van der Waals surface area contributed by atoms with Crippen molar-refractivity contribution in [3.05, 3.63) is 0 Å². The maximum absolute atomic E-state index is 11.7. The van der Waals surface area contributed by atoms with E-state index in [1.807, 2.05) is 0 Å². The molecule has 0 radical (unpaired) electrons. The van der Waals surface area contributed by atoms with E-state index >= 15 is 0 Å². The highest BCUT2D eigenvalue weighted by Crippen LogP contribution is 2.62. The number of hydrogen-bond donors (Lipinski definition) is 1. The zero-order chi connectivity index (χ0) is 10.6. The van der Waals surface area contributed by atoms with E-state index in [1.165, 1.54) is 6.42 Å². The smallest absolute Gasteiger partial charge is 0.224 e. The molecule has 0 aromatic heterocycles. The highest BCUT2D eigenvalue weighted by atomic mass is 16.1. The van der Waals surface area contributed by atoms with Crippen molar-refractivity contribution in [3.63, 3.8) is 0 Å². The van der Waals surface area contributed by atoms with Crippen molar-refractivity contribution in [3.8, 4) is 6.07 Å². The fraction of sp³-hybridized carbons (Fsp3) is 0.833. The lowest BCUT2D eigenvalue weighted by Crippen LogP contribution is -2.57. The maximum Gasteiger partial charge on any atom is 0.224 e. The minimum absolute atomic E-state index is 0.0946. The largest absolute Gasteiger partial charge is 0.369 e. The van der Waals surface area contributed by atoms with Crippen molar-refractivity contribution in [1.82, 2.24) is 0 Å². The first-order valence-corrected chi connectivity index (χ1v) is 5.85.